The van der Waals surface area contributed by atoms with Gasteiger partial charge in [-0.25, -0.2) is 0 Å². The van der Waals surface area contributed by atoms with Gasteiger partial charge in [-0.1, -0.05) is 51.3 Å². The van der Waals surface area contributed by atoms with Gasteiger partial charge in [-0.2, -0.15) is 0 Å². The third-order valence-corrected chi connectivity index (χ3v) is 3.02. The van der Waals surface area contributed by atoms with E-state index in [1.165, 1.54) is 0 Å². The number of alkyl halides is 1. The molecule has 0 radical (unpaired) electrons. The van der Waals surface area contributed by atoms with Crippen molar-refractivity contribution in [2.45, 2.75) is 6.10 Å². The molecule has 15 heavy (non-hydrogen) atoms. The Morgan fingerprint density at radius 2 is 2.20 bits per heavy atom. The summed E-state index contributed by atoms with van der Waals surface area (Å²) < 4.78 is 5.55. The lowest BCUT2D eigenvalue weighted by Crippen LogP contribution is -2.06. The molecule has 1 rings (SSSR count). The van der Waals surface area contributed by atoms with Crippen molar-refractivity contribution in [3.05, 3.63) is 46.5 Å². The van der Waals surface area contributed by atoms with Crippen LogP contribution in [0.3, 0.4) is 0 Å². The predicted octanol–water partition coefficient (Wildman–Crippen LogP) is 4.63. The van der Waals surface area contributed by atoms with Crippen LogP contribution in [0.25, 0.3) is 0 Å². The quantitative estimate of drug-likeness (QED) is 0.569. The minimum absolute atomic E-state index is 0.0761. The Morgan fingerprint density at radius 3 is 2.73 bits per heavy atom. The third-order valence-electron chi connectivity index (χ3n) is 1.86. The van der Waals surface area contributed by atoms with Gasteiger partial charge in [-0.05, 0) is 12.1 Å². The van der Waals surface area contributed by atoms with Gasteiger partial charge in [0.05, 0.1) is 12.7 Å². The molecule has 1 atom stereocenters. The number of rotatable bonds is 5. The summed E-state index contributed by atoms with van der Waals surface area (Å²) in [7, 11) is 0. The first-order valence-electron chi connectivity index (χ1n) is 4.42. The molecule has 0 aromatic heterocycles. The topological polar surface area (TPSA) is 9.23 Å². The molecular weight excluding hydrogens is 299 g/mol. The summed E-state index contributed by atoms with van der Waals surface area (Å²) in [5.41, 5.74) is 0.930. The summed E-state index contributed by atoms with van der Waals surface area (Å²) >= 11 is 15.3. The molecule has 0 saturated carbocycles. The highest BCUT2D eigenvalue weighted by atomic mass is 79.9. The van der Waals surface area contributed by atoms with Gasteiger partial charge < -0.3 is 4.74 Å². The standard InChI is InChI=1S/C11H11BrCl2O/c1-2-5-15-11(7-12)9-4-3-8(13)6-10(9)14/h2-4,6,11H,1,5,7H2. The molecule has 0 bridgehead atoms. The molecular formula is C11H11BrCl2O. The van der Waals surface area contributed by atoms with Crippen molar-refractivity contribution in [1.29, 1.82) is 0 Å². The van der Waals surface area contributed by atoms with E-state index in [0.29, 0.717) is 22.0 Å². The van der Waals surface area contributed by atoms with Crippen molar-refractivity contribution in [2.75, 3.05) is 11.9 Å². The van der Waals surface area contributed by atoms with E-state index in [4.69, 9.17) is 27.9 Å². The van der Waals surface area contributed by atoms with Crippen LogP contribution in [0, 0.1) is 0 Å². The second-order valence-electron chi connectivity index (χ2n) is 2.93. The van der Waals surface area contributed by atoms with E-state index >= 15 is 0 Å². The molecule has 0 N–H and O–H groups in total. The van der Waals surface area contributed by atoms with Crippen molar-refractivity contribution in [2.24, 2.45) is 0 Å². The van der Waals surface area contributed by atoms with E-state index in [1.54, 1.807) is 18.2 Å². The van der Waals surface area contributed by atoms with E-state index in [1.807, 2.05) is 6.07 Å². The van der Waals surface area contributed by atoms with Crippen LogP contribution in [0.1, 0.15) is 11.7 Å². The summed E-state index contributed by atoms with van der Waals surface area (Å²) in [5.74, 6) is 0. The molecule has 82 valence electrons. The van der Waals surface area contributed by atoms with Gasteiger partial charge in [0.25, 0.3) is 0 Å². The van der Waals surface area contributed by atoms with E-state index in [-0.39, 0.29) is 6.10 Å². The van der Waals surface area contributed by atoms with Crippen molar-refractivity contribution >= 4 is 39.1 Å². The summed E-state index contributed by atoms with van der Waals surface area (Å²) in [6, 6.07) is 5.39. The molecule has 1 aromatic carbocycles. The Balaban J connectivity index is 2.86. The average molecular weight is 310 g/mol. The SMILES string of the molecule is C=CCOC(CBr)c1ccc(Cl)cc1Cl. The van der Waals surface area contributed by atoms with Crippen LogP contribution in [0.15, 0.2) is 30.9 Å². The third kappa shape index (κ3) is 3.80. The van der Waals surface area contributed by atoms with Crippen molar-refractivity contribution in [3.63, 3.8) is 0 Å². The van der Waals surface area contributed by atoms with Crippen LogP contribution < -0.4 is 0 Å². The van der Waals surface area contributed by atoms with Crippen LogP contribution in [0.5, 0.6) is 0 Å². The molecule has 0 saturated heterocycles. The van der Waals surface area contributed by atoms with Crippen molar-refractivity contribution < 1.29 is 4.74 Å². The number of ether oxygens (including phenoxy) is 1. The van der Waals surface area contributed by atoms with Gasteiger partial charge in [0.1, 0.15) is 0 Å². The van der Waals surface area contributed by atoms with Crippen LogP contribution in [0.4, 0.5) is 0 Å². The lowest BCUT2D eigenvalue weighted by atomic mass is 10.1. The summed E-state index contributed by atoms with van der Waals surface area (Å²) in [6.07, 6.45) is 1.63. The van der Waals surface area contributed by atoms with E-state index in [2.05, 4.69) is 22.5 Å². The number of hydrogen-bond acceptors (Lipinski definition) is 1. The highest BCUT2D eigenvalue weighted by Gasteiger charge is 2.13. The van der Waals surface area contributed by atoms with Crippen molar-refractivity contribution in [3.8, 4) is 0 Å². The predicted molar refractivity (Wildman–Crippen MR) is 69.1 cm³/mol. The van der Waals surface area contributed by atoms with Gasteiger partial charge in [-0.3, -0.25) is 0 Å². The fourth-order valence-corrected chi connectivity index (χ4v) is 2.23. The minimum Gasteiger partial charge on any atom is -0.369 e. The highest BCUT2D eigenvalue weighted by molar-refractivity contribution is 9.09. The second kappa shape index (κ2) is 6.54. The van der Waals surface area contributed by atoms with E-state index in [0.717, 1.165) is 5.56 Å². The first kappa shape index (κ1) is 13.0. The first-order valence-corrected chi connectivity index (χ1v) is 6.30. The zero-order chi connectivity index (χ0) is 11.3. The van der Waals surface area contributed by atoms with Gasteiger partial charge in [0.15, 0.2) is 0 Å². The zero-order valence-electron chi connectivity index (χ0n) is 8.05. The Labute approximate surface area is 108 Å². The number of benzene rings is 1. The fourth-order valence-electron chi connectivity index (χ4n) is 1.16. The van der Waals surface area contributed by atoms with Crippen molar-refractivity contribution in [1.82, 2.24) is 0 Å². The summed E-state index contributed by atoms with van der Waals surface area (Å²) in [4.78, 5) is 0. The van der Waals surface area contributed by atoms with Crippen LogP contribution >= 0.6 is 39.1 Å². The molecule has 0 aliphatic heterocycles. The van der Waals surface area contributed by atoms with Gasteiger partial charge in [-0.15, -0.1) is 6.58 Å². The smallest absolute Gasteiger partial charge is 0.0940 e. The molecule has 1 unspecified atom stereocenters. The maximum atomic E-state index is 6.07. The average Bonchev–Trinajstić information content (AvgIpc) is 2.21. The largest absolute Gasteiger partial charge is 0.369 e. The highest BCUT2D eigenvalue weighted by Crippen LogP contribution is 2.29. The monoisotopic (exact) mass is 308 g/mol. The molecule has 1 aromatic rings. The molecule has 0 amide bonds. The molecule has 0 aliphatic rings. The number of halogens is 3. The minimum atomic E-state index is -0.0761. The maximum absolute atomic E-state index is 6.07. The Bertz CT molecular complexity index is 341. The lowest BCUT2D eigenvalue weighted by Gasteiger charge is -2.16. The fraction of sp³-hybridized carbons (Fsp3) is 0.273. The molecule has 1 nitrogen and oxygen atoms in total. The van der Waals surface area contributed by atoms with Crippen LogP contribution in [-0.2, 0) is 4.74 Å². The Morgan fingerprint density at radius 1 is 1.47 bits per heavy atom. The summed E-state index contributed by atoms with van der Waals surface area (Å²) in [5, 5.41) is 1.93. The molecule has 4 heteroatoms. The Kier molecular flexibility index (Phi) is 5.69. The lowest BCUT2D eigenvalue weighted by molar-refractivity contribution is 0.0933. The van der Waals surface area contributed by atoms with E-state index in [9.17, 15) is 0 Å². The molecule has 0 heterocycles. The van der Waals surface area contributed by atoms with Gasteiger partial charge in [0.2, 0.25) is 0 Å². The molecule has 0 fully saturated rings. The molecule has 0 aliphatic carbocycles. The Hall–Kier alpha value is -0.0200. The zero-order valence-corrected chi connectivity index (χ0v) is 11.1. The number of hydrogen-bond donors (Lipinski definition) is 0. The first-order chi connectivity index (χ1) is 7.19. The second-order valence-corrected chi connectivity index (χ2v) is 4.42. The van der Waals surface area contributed by atoms with Gasteiger partial charge >= 0.3 is 0 Å². The van der Waals surface area contributed by atoms with Gasteiger partial charge in [0, 0.05) is 20.9 Å². The maximum Gasteiger partial charge on any atom is 0.0940 e. The normalized spacial score (nSPS) is 12.5. The van der Waals surface area contributed by atoms with Crippen LogP contribution in [-0.4, -0.2) is 11.9 Å². The van der Waals surface area contributed by atoms with Crippen LogP contribution in [0.2, 0.25) is 10.0 Å². The summed E-state index contributed by atoms with van der Waals surface area (Å²) in [6.45, 7) is 4.10. The molecule has 0 spiro atoms. The van der Waals surface area contributed by atoms with E-state index < -0.39 is 0 Å².